The number of para-hydroxylation sites is 1. The van der Waals surface area contributed by atoms with E-state index in [1.54, 1.807) is 24.3 Å². The third kappa shape index (κ3) is 3.45. The van der Waals surface area contributed by atoms with Gasteiger partial charge in [0.05, 0.1) is 5.56 Å². The molecule has 0 aliphatic heterocycles. The Labute approximate surface area is 163 Å². The van der Waals surface area contributed by atoms with E-state index in [0.717, 1.165) is 27.7 Å². The Kier molecular flexibility index (Phi) is 4.77. The maximum absolute atomic E-state index is 12.4. The van der Waals surface area contributed by atoms with Crippen LogP contribution in [0.25, 0.3) is 11.0 Å². The summed E-state index contributed by atoms with van der Waals surface area (Å²) in [5, 5.41) is 5.21. The van der Waals surface area contributed by atoms with Crippen LogP contribution >= 0.6 is 0 Å². The first-order valence-corrected chi connectivity index (χ1v) is 9.03. The maximum atomic E-state index is 12.4. The molecule has 0 saturated heterocycles. The van der Waals surface area contributed by atoms with Crippen LogP contribution in [0.4, 0.5) is 0 Å². The molecule has 4 aromatic rings. The number of furan rings is 1. The summed E-state index contributed by atoms with van der Waals surface area (Å²) in [6, 6.07) is 24.4. The van der Waals surface area contributed by atoms with Gasteiger partial charge in [-0.1, -0.05) is 71.4 Å². The number of aryl methyl sites for hydroxylation is 2. The molecule has 1 heterocycles. The van der Waals surface area contributed by atoms with Crippen LogP contribution in [0.5, 0.6) is 0 Å². The summed E-state index contributed by atoms with van der Waals surface area (Å²) < 4.78 is 6.06. The molecule has 0 amide bonds. The molecule has 4 nitrogen and oxygen atoms in total. The first-order chi connectivity index (χ1) is 13.6. The lowest BCUT2D eigenvalue weighted by molar-refractivity contribution is 0.0516. The molecular formula is C24H19NO3. The van der Waals surface area contributed by atoms with Crippen molar-refractivity contribution in [2.24, 2.45) is 5.16 Å². The third-order valence-electron chi connectivity index (χ3n) is 4.61. The van der Waals surface area contributed by atoms with Crippen molar-refractivity contribution in [2.75, 3.05) is 0 Å². The molecule has 0 spiro atoms. The summed E-state index contributed by atoms with van der Waals surface area (Å²) in [7, 11) is 0. The van der Waals surface area contributed by atoms with Crippen molar-refractivity contribution in [3.63, 3.8) is 0 Å². The highest BCUT2D eigenvalue weighted by molar-refractivity contribution is 6.14. The Balaban J connectivity index is 1.78. The van der Waals surface area contributed by atoms with Crippen LogP contribution in [-0.4, -0.2) is 11.7 Å². The van der Waals surface area contributed by atoms with Crippen LogP contribution in [0, 0.1) is 13.8 Å². The molecular weight excluding hydrogens is 350 g/mol. The Morgan fingerprint density at radius 3 is 2.21 bits per heavy atom. The molecule has 0 bridgehead atoms. The molecule has 138 valence electrons. The number of carbonyl (C=O) groups is 1. The summed E-state index contributed by atoms with van der Waals surface area (Å²) in [5.41, 5.74) is 4.59. The third-order valence-corrected chi connectivity index (χ3v) is 4.61. The summed E-state index contributed by atoms with van der Waals surface area (Å²) >= 11 is 0. The van der Waals surface area contributed by atoms with Gasteiger partial charge in [0.2, 0.25) is 0 Å². The van der Waals surface area contributed by atoms with Crippen LogP contribution in [0.2, 0.25) is 0 Å². The van der Waals surface area contributed by atoms with Gasteiger partial charge in [-0.05, 0) is 32.0 Å². The first kappa shape index (κ1) is 17.7. The largest absolute Gasteiger partial charge is 0.454 e. The number of hydrogen-bond donors (Lipinski definition) is 0. The summed E-state index contributed by atoms with van der Waals surface area (Å²) in [4.78, 5) is 17.6. The fraction of sp³-hybridized carbons (Fsp3) is 0.0833. The zero-order valence-corrected chi connectivity index (χ0v) is 15.7. The molecule has 0 aliphatic carbocycles. The lowest BCUT2D eigenvalue weighted by Gasteiger charge is -2.06. The van der Waals surface area contributed by atoms with Crippen molar-refractivity contribution < 1.29 is 14.0 Å². The van der Waals surface area contributed by atoms with Gasteiger partial charge in [0, 0.05) is 16.5 Å². The predicted octanol–water partition coefficient (Wildman–Crippen LogP) is 5.66. The lowest BCUT2D eigenvalue weighted by atomic mass is 10.0. The number of fused-ring (bicyclic) bond motifs is 1. The normalized spacial score (nSPS) is 11.6. The van der Waals surface area contributed by atoms with Gasteiger partial charge in [0.25, 0.3) is 0 Å². The predicted molar refractivity (Wildman–Crippen MR) is 110 cm³/mol. The summed E-state index contributed by atoms with van der Waals surface area (Å²) in [6.07, 6.45) is 0. The van der Waals surface area contributed by atoms with E-state index in [4.69, 9.17) is 9.25 Å². The van der Waals surface area contributed by atoms with Gasteiger partial charge in [0.15, 0.2) is 11.5 Å². The van der Waals surface area contributed by atoms with Crippen molar-refractivity contribution in [1.29, 1.82) is 0 Å². The first-order valence-electron chi connectivity index (χ1n) is 9.03. The Bertz CT molecular complexity index is 1160. The second-order valence-corrected chi connectivity index (χ2v) is 6.60. The number of hydrogen-bond acceptors (Lipinski definition) is 4. The summed E-state index contributed by atoms with van der Waals surface area (Å²) in [5.74, 6) is 0.0740. The minimum Gasteiger partial charge on any atom is -0.454 e. The van der Waals surface area contributed by atoms with Crippen molar-refractivity contribution in [1.82, 2.24) is 0 Å². The molecule has 0 aliphatic rings. The van der Waals surface area contributed by atoms with Gasteiger partial charge in [-0.3, -0.25) is 0 Å². The molecule has 0 atom stereocenters. The monoisotopic (exact) mass is 369 g/mol. The van der Waals surface area contributed by atoms with Crippen molar-refractivity contribution in [3.05, 3.63) is 107 Å². The van der Waals surface area contributed by atoms with E-state index in [1.807, 2.05) is 68.4 Å². The number of benzene rings is 3. The quantitative estimate of drug-likeness (QED) is 0.265. The fourth-order valence-corrected chi connectivity index (χ4v) is 3.05. The maximum Gasteiger partial charge on any atom is 0.365 e. The van der Waals surface area contributed by atoms with Gasteiger partial charge < -0.3 is 9.25 Å². The molecule has 0 fully saturated rings. The van der Waals surface area contributed by atoms with Gasteiger partial charge in [0.1, 0.15) is 5.58 Å². The van der Waals surface area contributed by atoms with Gasteiger partial charge >= 0.3 is 5.97 Å². The highest BCUT2D eigenvalue weighted by Crippen LogP contribution is 2.27. The molecule has 1 aromatic heterocycles. The second-order valence-electron chi connectivity index (χ2n) is 6.60. The Morgan fingerprint density at radius 2 is 1.50 bits per heavy atom. The highest BCUT2D eigenvalue weighted by atomic mass is 16.7. The zero-order chi connectivity index (χ0) is 19.5. The molecule has 4 heteroatoms. The number of nitrogens with zero attached hydrogens (tertiary/aromatic N) is 1. The van der Waals surface area contributed by atoms with Crippen LogP contribution in [0.1, 0.15) is 32.8 Å². The second kappa shape index (κ2) is 7.53. The zero-order valence-electron chi connectivity index (χ0n) is 15.7. The number of oxime groups is 1. The molecule has 0 N–H and O–H groups in total. The van der Waals surface area contributed by atoms with E-state index in [0.29, 0.717) is 17.0 Å². The van der Waals surface area contributed by atoms with Crippen LogP contribution in [0.3, 0.4) is 0 Å². The molecule has 4 rings (SSSR count). The van der Waals surface area contributed by atoms with E-state index >= 15 is 0 Å². The topological polar surface area (TPSA) is 51.8 Å². The van der Waals surface area contributed by atoms with Gasteiger partial charge in [-0.15, -0.1) is 0 Å². The van der Waals surface area contributed by atoms with Crippen LogP contribution < -0.4 is 0 Å². The van der Waals surface area contributed by atoms with E-state index in [-0.39, 0.29) is 0 Å². The Morgan fingerprint density at radius 1 is 0.821 bits per heavy atom. The average molecular weight is 369 g/mol. The molecule has 0 unspecified atom stereocenters. The molecule has 0 radical (unpaired) electrons. The van der Waals surface area contributed by atoms with E-state index in [2.05, 4.69) is 5.16 Å². The summed E-state index contributed by atoms with van der Waals surface area (Å²) in [6.45, 7) is 3.99. The standard InChI is InChI=1S/C24H19NO3/c1-16-12-14-18(15-13-16)22(25-28-24(26)19-8-4-3-5-9-19)23-17(2)20-10-6-7-11-21(20)27-23/h3-15H,1-2H3/b25-22+. The number of rotatable bonds is 4. The Hall–Kier alpha value is -3.66. The molecule has 0 saturated carbocycles. The minimum atomic E-state index is -0.515. The van der Waals surface area contributed by atoms with Crippen LogP contribution in [0.15, 0.2) is 88.4 Å². The average Bonchev–Trinajstić information content (AvgIpc) is 3.06. The smallest absolute Gasteiger partial charge is 0.365 e. The highest BCUT2D eigenvalue weighted by Gasteiger charge is 2.19. The molecule has 3 aromatic carbocycles. The van der Waals surface area contributed by atoms with Crippen molar-refractivity contribution in [3.8, 4) is 0 Å². The van der Waals surface area contributed by atoms with Crippen LogP contribution in [-0.2, 0) is 4.84 Å². The van der Waals surface area contributed by atoms with E-state index < -0.39 is 5.97 Å². The van der Waals surface area contributed by atoms with Crippen molar-refractivity contribution in [2.45, 2.75) is 13.8 Å². The lowest BCUT2D eigenvalue weighted by Crippen LogP contribution is -2.08. The van der Waals surface area contributed by atoms with E-state index in [1.165, 1.54) is 0 Å². The SMILES string of the molecule is Cc1ccc(/C(=N\OC(=O)c2ccccc2)c2oc3ccccc3c2C)cc1. The van der Waals surface area contributed by atoms with Gasteiger partial charge in [-0.2, -0.15) is 0 Å². The van der Waals surface area contributed by atoms with Crippen molar-refractivity contribution >= 4 is 22.7 Å². The number of carbonyl (C=O) groups excluding carboxylic acids is 1. The molecule has 28 heavy (non-hydrogen) atoms. The van der Waals surface area contributed by atoms with Gasteiger partial charge in [-0.25, -0.2) is 4.79 Å². The minimum absolute atomic E-state index is 0.441. The van der Waals surface area contributed by atoms with E-state index in [9.17, 15) is 4.79 Å². The fourth-order valence-electron chi connectivity index (χ4n) is 3.05.